The van der Waals surface area contributed by atoms with Gasteiger partial charge in [-0.15, -0.1) is 0 Å². The number of hydrogen-bond acceptors (Lipinski definition) is 3. The highest BCUT2D eigenvalue weighted by Gasteiger charge is 2.03. The standard InChI is InChI=1S/C11H12N2O/c1-2-12-11-13-10(8-14-11)9-6-4-3-5-7-9/h3-8H,2H2,1H3,(H,12,13). The van der Waals surface area contributed by atoms with Crippen molar-refractivity contribution in [3.05, 3.63) is 36.6 Å². The van der Waals surface area contributed by atoms with Crippen molar-refractivity contribution in [3.8, 4) is 11.3 Å². The zero-order valence-corrected chi connectivity index (χ0v) is 8.03. The van der Waals surface area contributed by atoms with E-state index < -0.39 is 0 Å². The van der Waals surface area contributed by atoms with E-state index >= 15 is 0 Å². The van der Waals surface area contributed by atoms with Gasteiger partial charge in [0, 0.05) is 12.1 Å². The lowest BCUT2D eigenvalue weighted by atomic mass is 10.2. The van der Waals surface area contributed by atoms with Crippen LogP contribution in [0.4, 0.5) is 6.01 Å². The predicted octanol–water partition coefficient (Wildman–Crippen LogP) is 2.77. The summed E-state index contributed by atoms with van der Waals surface area (Å²) in [4.78, 5) is 4.29. The largest absolute Gasteiger partial charge is 0.432 e. The maximum absolute atomic E-state index is 5.24. The van der Waals surface area contributed by atoms with E-state index in [1.807, 2.05) is 37.3 Å². The molecule has 0 saturated heterocycles. The Kier molecular flexibility index (Phi) is 2.49. The van der Waals surface area contributed by atoms with Crippen LogP contribution in [0.5, 0.6) is 0 Å². The zero-order valence-electron chi connectivity index (χ0n) is 8.03. The number of hydrogen-bond donors (Lipinski definition) is 1. The predicted molar refractivity (Wildman–Crippen MR) is 56.1 cm³/mol. The highest BCUT2D eigenvalue weighted by Crippen LogP contribution is 2.19. The minimum Gasteiger partial charge on any atom is -0.432 e. The highest BCUT2D eigenvalue weighted by molar-refractivity contribution is 5.58. The monoisotopic (exact) mass is 188 g/mol. The van der Waals surface area contributed by atoms with E-state index in [-0.39, 0.29) is 0 Å². The van der Waals surface area contributed by atoms with Gasteiger partial charge in [0.2, 0.25) is 0 Å². The Morgan fingerprint density at radius 1 is 1.29 bits per heavy atom. The quantitative estimate of drug-likeness (QED) is 0.804. The van der Waals surface area contributed by atoms with Gasteiger partial charge in [0.1, 0.15) is 12.0 Å². The number of nitrogens with one attached hydrogen (secondary N) is 1. The average Bonchev–Trinajstić information content (AvgIpc) is 2.68. The van der Waals surface area contributed by atoms with Crippen molar-refractivity contribution in [1.82, 2.24) is 4.98 Å². The number of aromatic nitrogens is 1. The van der Waals surface area contributed by atoms with E-state index in [9.17, 15) is 0 Å². The molecule has 0 amide bonds. The molecule has 1 N–H and O–H groups in total. The third-order valence-electron chi connectivity index (χ3n) is 1.90. The van der Waals surface area contributed by atoms with Crippen LogP contribution >= 0.6 is 0 Å². The maximum atomic E-state index is 5.24. The maximum Gasteiger partial charge on any atom is 0.295 e. The number of rotatable bonds is 3. The lowest BCUT2D eigenvalue weighted by Gasteiger charge is -1.93. The van der Waals surface area contributed by atoms with Crippen molar-refractivity contribution >= 4 is 6.01 Å². The number of nitrogens with zero attached hydrogens (tertiary/aromatic N) is 1. The molecule has 0 bridgehead atoms. The van der Waals surface area contributed by atoms with Crippen molar-refractivity contribution in [1.29, 1.82) is 0 Å². The van der Waals surface area contributed by atoms with Crippen molar-refractivity contribution in [2.24, 2.45) is 0 Å². The molecule has 2 aromatic rings. The molecule has 0 aliphatic carbocycles. The molecule has 1 aromatic carbocycles. The third kappa shape index (κ3) is 1.76. The fourth-order valence-electron chi connectivity index (χ4n) is 1.25. The van der Waals surface area contributed by atoms with Gasteiger partial charge >= 0.3 is 0 Å². The molecule has 0 spiro atoms. The summed E-state index contributed by atoms with van der Waals surface area (Å²) in [7, 11) is 0. The van der Waals surface area contributed by atoms with Gasteiger partial charge in [0.05, 0.1) is 0 Å². The molecule has 1 aromatic heterocycles. The molecule has 2 rings (SSSR count). The Bertz CT molecular complexity index is 395. The first-order chi connectivity index (χ1) is 6.90. The van der Waals surface area contributed by atoms with E-state index in [1.54, 1.807) is 6.26 Å². The number of benzene rings is 1. The average molecular weight is 188 g/mol. The summed E-state index contributed by atoms with van der Waals surface area (Å²) in [5, 5.41) is 3.02. The first kappa shape index (κ1) is 8.81. The molecular weight excluding hydrogens is 176 g/mol. The van der Waals surface area contributed by atoms with Crippen LogP contribution in [-0.4, -0.2) is 11.5 Å². The molecule has 0 radical (unpaired) electrons. The summed E-state index contributed by atoms with van der Waals surface area (Å²) in [6, 6.07) is 10.5. The molecule has 72 valence electrons. The molecule has 0 aliphatic heterocycles. The van der Waals surface area contributed by atoms with Gasteiger partial charge in [-0.3, -0.25) is 0 Å². The van der Waals surface area contributed by atoms with E-state index in [1.165, 1.54) is 0 Å². The Balaban J connectivity index is 2.25. The van der Waals surface area contributed by atoms with E-state index in [4.69, 9.17) is 4.42 Å². The van der Waals surface area contributed by atoms with Gasteiger partial charge in [0.25, 0.3) is 6.01 Å². The number of oxazole rings is 1. The zero-order chi connectivity index (χ0) is 9.80. The van der Waals surface area contributed by atoms with Crippen LogP contribution in [0.15, 0.2) is 41.0 Å². The summed E-state index contributed by atoms with van der Waals surface area (Å²) in [5.74, 6) is 0. The summed E-state index contributed by atoms with van der Waals surface area (Å²) in [5.41, 5.74) is 1.93. The van der Waals surface area contributed by atoms with Gasteiger partial charge in [0.15, 0.2) is 0 Å². The topological polar surface area (TPSA) is 38.1 Å². The lowest BCUT2D eigenvalue weighted by Crippen LogP contribution is -1.95. The molecule has 1 heterocycles. The Labute approximate surface area is 82.8 Å². The molecular formula is C11H12N2O. The molecule has 3 nitrogen and oxygen atoms in total. The normalized spacial score (nSPS) is 10.1. The van der Waals surface area contributed by atoms with Crippen molar-refractivity contribution < 1.29 is 4.42 Å². The second-order valence-electron chi connectivity index (χ2n) is 2.93. The SMILES string of the molecule is CCNc1nc(-c2ccccc2)co1. The molecule has 0 fully saturated rings. The van der Waals surface area contributed by atoms with Crippen LogP contribution in [0.25, 0.3) is 11.3 Å². The molecule has 0 unspecified atom stereocenters. The lowest BCUT2D eigenvalue weighted by molar-refractivity contribution is 0.573. The van der Waals surface area contributed by atoms with Crippen molar-refractivity contribution in [3.63, 3.8) is 0 Å². The minimum atomic E-state index is 0.575. The molecule has 0 aliphatic rings. The first-order valence-corrected chi connectivity index (χ1v) is 4.65. The van der Waals surface area contributed by atoms with Crippen LogP contribution in [0.1, 0.15) is 6.92 Å². The van der Waals surface area contributed by atoms with Gasteiger partial charge < -0.3 is 9.73 Å². The second-order valence-corrected chi connectivity index (χ2v) is 2.93. The van der Waals surface area contributed by atoms with Gasteiger partial charge in [-0.1, -0.05) is 30.3 Å². The molecule has 14 heavy (non-hydrogen) atoms. The molecule has 3 heteroatoms. The van der Waals surface area contributed by atoms with Crippen molar-refractivity contribution in [2.45, 2.75) is 6.92 Å². The Morgan fingerprint density at radius 2 is 2.07 bits per heavy atom. The van der Waals surface area contributed by atoms with Gasteiger partial charge in [-0.05, 0) is 6.92 Å². The van der Waals surface area contributed by atoms with E-state index in [2.05, 4.69) is 10.3 Å². The highest BCUT2D eigenvalue weighted by atomic mass is 16.4. The summed E-state index contributed by atoms with van der Waals surface area (Å²) in [6.45, 7) is 2.82. The summed E-state index contributed by atoms with van der Waals surface area (Å²) >= 11 is 0. The molecule has 0 saturated carbocycles. The minimum absolute atomic E-state index is 0.575. The van der Waals surface area contributed by atoms with Crippen LogP contribution in [0.2, 0.25) is 0 Å². The summed E-state index contributed by atoms with van der Waals surface area (Å²) < 4.78 is 5.24. The second kappa shape index (κ2) is 3.96. The smallest absolute Gasteiger partial charge is 0.295 e. The van der Waals surface area contributed by atoms with E-state index in [0.717, 1.165) is 17.8 Å². The fraction of sp³-hybridized carbons (Fsp3) is 0.182. The third-order valence-corrected chi connectivity index (χ3v) is 1.90. The van der Waals surface area contributed by atoms with Crippen molar-refractivity contribution in [2.75, 3.05) is 11.9 Å². The van der Waals surface area contributed by atoms with Crippen LogP contribution in [0, 0.1) is 0 Å². The first-order valence-electron chi connectivity index (χ1n) is 4.65. The molecule has 0 atom stereocenters. The van der Waals surface area contributed by atoms with E-state index in [0.29, 0.717) is 6.01 Å². The van der Waals surface area contributed by atoms with Gasteiger partial charge in [-0.25, -0.2) is 0 Å². The summed E-state index contributed by atoms with van der Waals surface area (Å²) in [6.07, 6.45) is 1.66. The fourth-order valence-corrected chi connectivity index (χ4v) is 1.25. The van der Waals surface area contributed by atoms with Crippen LogP contribution in [0.3, 0.4) is 0 Å². The number of anilines is 1. The Hall–Kier alpha value is -1.77. The van der Waals surface area contributed by atoms with Crippen LogP contribution in [-0.2, 0) is 0 Å². The van der Waals surface area contributed by atoms with Gasteiger partial charge in [-0.2, -0.15) is 4.98 Å². The van der Waals surface area contributed by atoms with Crippen LogP contribution < -0.4 is 5.32 Å². The Morgan fingerprint density at radius 3 is 2.79 bits per heavy atom.